The minimum atomic E-state index is -0.0691. The monoisotopic (exact) mass is 359 g/mol. The third-order valence-corrected chi connectivity index (χ3v) is 4.21. The van der Waals surface area contributed by atoms with Gasteiger partial charge in [-0.3, -0.25) is 4.79 Å². The van der Waals surface area contributed by atoms with Crippen LogP contribution in [0, 0.1) is 0 Å². The standard InChI is InChI=1S/C20H22ClNO3/c1-22(20(23)11-9-16-6-4-5-7-17(16)21)13-12-15-8-10-18(24-2)19(14-15)25-3/h4-11,14H,12-13H2,1-3H3/b11-9+. The SMILES string of the molecule is COc1ccc(CCN(C)C(=O)/C=C/c2ccccc2Cl)cc1OC. The predicted octanol–water partition coefficient (Wildman–Crippen LogP) is 4.07. The van der Waals surface area contributed by atoms with Crippen molar-refractivity contribution >= 4 is 23.6 Å². The van der Waals surface area contributed by atoms with Gasteiger partial charge in [0, 0.05) is 24.7 Å². The summed E-state index contributed by atoms with van der Waals surface area (Å²) >= 11 is 6.08. The molecule has 25 heavy (non-hydrogen) atoms. The van der Waals surface area contributed by atoms with E-state index in [1.165, 1.54) is 6.08 Å². The molecule has 132 valence electrons. The van der Waals surface area contributed by atoms with E-state index in [4.69, 9.17) is 21.1 Å². The summed E-state index contributed by atoms with van der Waals surface area (Å²) in [5, 5.41) is 0.625. The first kappa shape index (κ1) is 18.9. The maximum Gasteiger partial charge on any atom is 0.246 e. The molecule has 0 aliphatic rings. The number of amides is 1. The first-order valence-corrected chi connectivity index (χ1v) is 8.31. The highest BCUT2D eigenvalue weighted by molar-refractivity contribution is 6.32. The number of methoxy groups -OCH3 is 2. The Labute approximate surface area is 153 Å². The van der Waals surface area contributed by atoms with Crippen LogP contribution < -0.4 is 9.47 Å². The van der Waals surface area contributed by atoms with Crippen LogP contribution in [-0.4, -0.2) is 38.6 Å². The fourth-order valence-corrected chi connectivity index (χ4v) is 2.54. The largest absolute Gasteiger partial charge is 0.493 e. The van der Waals surface area contributed by atoms with Crippen LogP contribution in [0.3, 0.4) is 0 Å². The van der Waals surface area contributed by atoms with E-state index in [9.17, 15) is 4.79 Å². The number of hydrogen-bond donors (Lipinski definition) is 0. The molecule has 0 fully saturated rings. The summed E-state index contributed by atoms with van der Waals surface area (Å²) in [6, 6.07) is 13.2. The van der Waals surface area contributed by atoms with Gasteiger partial charge in [-0.2, -0.15) is 0 Å². The zero-order chi connectivity index (χ0) is 18.2. The number of nitrogens with zero attached hydrogens (tertiary/aromatic N) is 1. The fourth-order valence-electron chi connectivity index (χ4n) is 2.34. The highest BCUT2D eigenvalue weighted by Gasteiger charge is 2.08. The minimum Gasteiger partial charge on any atom is -0.493 e. The van der Waals surface area contributed by atoms with E-state index in [2.05, 4.69) is 0 Å². The van der Waals surface area contributed by atoms with Crippen LogP contribution in [0.5, 0.6) is 11.5 Å². The molecular weight excluding hydrogens is 338 g/mol. The first-order valence-electron chi connectivity index (χ1n) is 7.93. The van der Waals surface area contributed by atoms with Gasteiger partial charge in [0.2, 0.25) is 5.91 Å². The molecule has 4 nitrogen and oxygen atoms in total. The molecular formula is C20H22ClNO3. The molecule has 0 heterocycles. The Kier molecular flexibility index (Phi) is 6.90. The number of carbonyl (C=O) groups is 1. The number of benzene rings is 2. The third kappa shape index (κ3) is 5.26. The molecule has 0 radical (unpaired) electrons. The lowest BCUT2D eigenvalue weighted by Crippen LogP contribution is -2.27. The summed E-state index contributed by atoms with van der Waals surface area (Å²) in [5.74, 6) is 1.31. The molecule has 0 spiro atoms. The number of hydrogen-bond acceptors (Lipinski definition) is 3. The van der Waals surface area contributed by atoms with E-state index in [1.54, 1.807) is 38.3 Å². The smallest absolute Gasteiger partial charge is 0.246 e. The zero-order valence-electron chi connectivity index (χ0n) is 14.7. The predicted molar refractivity (Wildman–Crippen MR) is 101 cm³/mol. The molecule has 2 rings (SSSR count). The Bertz CT molecular complexity index is 758. The number of halogens is 1. The molecule has 0 bridgehead atoms. The van der Waals surface area contributed by atoms with Crippen LogP contribution in [0.2, 0.25) is 5.02 Å². The average Bonchev–Trinajstić information content (AvgIpc) is 2.64. The summed E-state index contributed by atoms with van der Waals surface area (Å²) in [5.41, 5.74) is 1.90. The topological polar surface area (TPSA) is 38.8 Å². The molecule has 5 heteroatoms. The van der Waals surface area contributed by atoms with Gasteiger partial charge in [0.15, 0.2) is 11.5 Å². The molecule has 0 atom stereocenters. The van der Waals surface area contributed by atoms with Gasteiger partial charge < -0.3 is 14.4 Å². The molecule has 2 aromatic carbocycles. The van der Waals surface area contributed by atoms with Gasteiger partial charge in [-0.1, -0.05) is 35.9 Å². The van der Waals surface area contributed by atoms with Gasteiger partial charge in [0.25, 0.3) is 0 Å². The second-order valence-electron chi connectivity index (χ2n) is 5.55. The van der Waals surface area contributed by atoms with Gasteiger partial charge in [-0.15, -0.1) is 0 Å². The summed E-state index contributed by atoms with van der Waals surface area (Å²) in [7, 11) is 4.99. The number of rotatable bonds is 7. The van der Waals surface area contributed by atoms with Crippen LogP contribution in [0.15, 0.2) is 48.5 Å². The lowest BCUT2D eigenvalue weighted by Gasteiger charge is -2.16. The van der Waals surface area contributed by atoms with Crippen molar-refractivity contribution in [3.63, 3.8) is 0 Å². The minimum absolute atomic E-state index is 0.0691. The average molecular weight is 360 g/mol. The maximum atomic E-state index is 12.2. The second kappa shape index (κ2) is 9.14. The lowest BCUT2D eigenvalue weighted by molar-refractivity contribution is -0.124. The summed E-state index contributed by atoms with van der Waals surface area (Å²) < 4.78 is 10.5. The Morgan fingerprint density at radius 2 is 1.84 bits per heavy atom. The quantitative estimate of drug-likeness (QED) is 0.699. The van der Waals surface area contributed by atoms with Crippen molar-refractivity contribution < 1.29 is 14.3 Å². The van der Waals surface area contributed by atoms with Crippen molar-refractivity contribution in [1.29, 1.82) is 0 Å². The lowest BCUT2D eigenvalue weighted by atomic mass is 10.1. The second-order valence-corrected chi connectivity index (χ2v) is 5.96. The highest BCUT2D eigenvalue weighted by Crippen LogP contribution is 2.27. The maximum absolute atomic E-state index is 12.2. The summed E-state index contributed by atoms with van der Waals surface area (Å²) in [6.07, 6.45) is 4.00. The molecule has 2 aromatic rings. The van der Waals surface area contributed by atoms with Crippen molar-refractivity contribution in [2.24, 2.45) is 0 Å². The highest BCUT2D eigenvalue weighted by atomic mass is 35.5. The van der Waals surface area contributed by atoms with Crippen molar-refractivity contribution in [2.75, 3.05) is 27.8 Å². The molecule has 0 unspecified atom stereocenters. The van der Waals surface area contributed by atoms with E-state index in [-0.39, 0.29) is 5.91 Å². The first-order chi connectivity index (χ1) is 12.0. The Balaban J connectivity index is 1.94. The van der Waals surface area contributed by atoms with Gasteiger partial charge >= 0.3 is 0 Å². The van der Waals surface area contributed by atoms with Crippen LogP contribution in [-0.2, 0) is 11.2 Å². The molecule has 0 aliphatic heterocycles. The summed E-state index contributed by atoms with van der Waals surface area (Å²) in [6.45, 7) is 0.598. The van der Waals surface area contributed by atoms with E-state index >= 15 is 0 Å². The normalized spacial score (nSPS) is 10.7. The third-order valence-electron chi connectivity index (χ3n) is 3.87. The van der Waals surface area contributed by atoms with Crippen LogP contribution in [0.4, 0.5) is 0 Å². The van der Waals surface area contributed by atoms with Crippen molar-refractivity contribution in [3.05, 3.63) is 64.7 Å². The van der Waals surface area contributed by atoms with Crippen LogP contribution >= 0.6 is 11.6 Å². The Hall–Kier alpha value is -2.46. The van der Waals surface area contributed by atoms with E-state index in [0.29, 0.717) is 23.1 Å². The number of carbonyl (C=O) groups excluding carboxylic acids is 1. The van der Waals surface area contributed by atoms with Crippen LogP contribution in [0.25, 0.3) is 6.08 Å². The van der Waals surface area contributed by atoms with Gasteiger partial charge in [0.1, 0.15) is 0 Å². The van der Waals surface area contributed by atoms with E-state index < -0.39 is 0 Å². The van der Waals surface area contributed by atoms with Crippen molar-refractivity contribution in [3.8, 4) is 11.5 Å². The molecule has 0 saturated heterocycles. The van der Waals surface area contributed by atoms with E-state index in [0.717, 1.165) is 17.5 Å². The fraction of sp³-hybridized carbons (Fsp3) is 0.250. The van der Waals surface area contributed by atoms with E-state index in [1.807, 2.05) is 36.4 Å². The van der Waals surface area contributed by atoms with Crippen molar-refractivity contribution in [1.82, 2.24) is 4.90 Å². The molecule has 0 aromatic heterocycles. The molecule has 1 amide bonds. The summed E-state index contributed by atoms with van der Waals surface area (Å²) in [4.78, 5) is 13.9. The molecule has 0 aliphatic carbocycles. The number of ether oxygens (including phenoxy) is 2. The zero-order valence-corrected chi connectivity index (χ0v) is 15.4. The molecule has 0 N–H and O–H groups in total. The van der Waals surface area contributed by atoms with Crippen molar-refractivity contribution in [2.45, 2.75) is 6.42 Å². The van der Waals surface area contributed by atoms with Gasteiger partial charge in [0.05, 0.1) is 14.2 Å². The Morgan fingerprint density at radius 1 is 1.12 bits per heavy atom. The molecule has 0 saturated carbocycles. The van der Waals surface area contributed by atoms with Gasteiger partial charge in [-0.25, -0.2) is 0 Å². The number of likely N-dealkylation sites (N-methyl/N-ethyl adjacent to an activating group) is 1. The van der Waals surface area contributed by atoms with Gasteiger partial charge in [-0.05, 0) is 41.8 Å². The van der Waals surface area contributed by atoms with Crippen LogP contribution in [0.1, 0.15) is 11.1 Å². The Morgan fingerprint density at radius 3 is 2.52 bits per heavy atom.